The highest BCUT2D eigenvalue weighted by Gasteiger charge is 2.17. The predicted octanol–water partition coefficient (Wildman–Crippen LogP) is 1.68. The summed E-state index contributed by atoms with van der Waals surface area (Å²) in [6.07, 6.45) is 3.21. The molecule has 0 heterocycles. The van der Waals surface area contributed by atoms with Gasteiger partial charge in [-0.15, -0.1) is 0 Å². The van der Waals surface area contributed by atoms with Crippen molar-refractivity contribution >= 4 is 5.91 Å². The number of nitrogens with two attached hydrogens (primary N) is 1. The Kier molecular flexibility index (Phi) is 8.17. The zero-order valence-corrected chi connectivity index (χ0v) is 11.7. The average molecular weight is 244 g/mol. The molecule has 0 radical (unpaired) electrons. The van der Waals surface area contributed by atoms with Gasteiger partial charge in [-0.3, -0.25) is 4.79 Å². The van der Waals surface area contributed by atoms with Crippen LogP contribution in [0.5, 0.6) is 0 Å². The normalized spacial score (nSPS) is 13.5. The van der Waals surface area contributed by atoms with E-state index >= 15 is 0 Å². The van der Waals surface area contributed by atoms with Crippen LogP contribution >= 0.6 is 0 Å². The molecule has 1 atom stereocenters. The molecule has 4 nitrogen and oxygen atoms in total. The standard InChI is InChI=1S/C13H28N2O2/c1-13(2,3)10-11(14)9-12(16)15-7-5-6-8-17-4/h11H,5-10,14H2,1-4H3,(H,15,16). The monoisotopic (exact) mass is 244 g/mol. The molecule has 0 fully saturated rings. The van der Waals surface area contributed by atoms with Gasteiger partial charge < -0.3 is 15.8 Å². The van der Waals surface area contributed by atoms with Crippen molar-refractivity contribution in [2.75, 3.05) is 20.3 Å². The number of methoxy groups -OCH3 is 1. The Bertz CT molecular complexity index is 212. The van der Waals surface area contributed by atoms with E-state index in [0.717, 1.165) is 25.9 Å². The quantitative estimate of drug-likeness (QED) is 0.639. The van der Waals surface area contributed by atoms with Crippen molar-refractivity contribution in [1.82, 2.24) is 5.32 Å². The van der Waals surface area contributed by atoms with Gasteiger partial charge in [-0.2, -0.15) is 0 Å². The second kappa shape index (κ2) is 8.48. The molecule has 0 aliphatic heterocycles. The molecule has 0 saturated carbocycles. The first-order valence-electron chi connectivity index (χ1n) is 6.36. The maximum atomic E-state index is 11.5. The summed E-state index contributed by atoms with van der Waals surface area (Å²) in [5, 5.41) is 2.88. The van der Waals surface area contributed by atoms with Gasteiger partial charge in [0.05, 0.1) is 0 Å². The number of amides is 1. The lowest BCUT2D eigenvalue weighted by Gasteiger charge is -2.22. The minimum atomic E-state index is -0.0472. The minimum absolute atomic E-state index is 0.0472. The Labute approximate surface area is 105 Å². The van der Waals surface area contributed by atoms with E-state index in [4.69, 9.17) is 10.5 Å². The Hall–Kier alpha value is -0.610. The fraction of sp³-hybridized carbons (Fsp3) is 0.923. The van der Waals surface area contributed by atoms with Crippen molar-refractivity contribution in [2.45, 2.75) is 52.5 Å². The third-order valence-corrected chi connectivity index (χ3v) is 2.42. The van der Waals surface area contributed by atoms with E-state index < -0.39 is 0 Å². The molecule has 0 aromatic heterocycles. The summed E-state index contributed by atoms with van der Waals surface area (Å²) in [5.41, 5.74) is 6.11. The van der Waals surface area contributed by atoms with Crippen LogP contribution in [0.3, 0.4) is 0 Å². The summed E-state index contributed by atoms with van der Waals surface area (Å²) >= 11 is 0. The van der Waals surface area contributed by atoms with Crippen LogP contribution in [0.4, 0.5) is 0 Å². The molecule has 0 aliphatic rings. The second-order valence-corrected chi connectivity index (χ2v) is 5.78. The highest BCUT2D eigenvalue weighted by Crippen LogP contribution is 2.20. The Morgan fingerprint density at radius 2 is 2.00 bits per heavy atom. The van der Waals surface area contributed by atoms with Gasteiger partial charge in [0.25, 0.3) is 0 Å². The van der Waals surface area contributed by atoms with Gasteiger partial charge in [0.2, 0.25) is 5.91 Å². The van der Waals surface area contributed by atoms with E-state index in [1.54, 1.807) is 7.11 Å². The molecule has 0 aliphatic carbocycles. The molecular weight excluding hydrogens is 216 g/mol. The van der Waals surface area contributed by atoms with Crippen molar-refractivity contribution < 1.29 is 9.53 Å². The van der Waals surface area contributed by atoms with E-state index in [2.05, 4.69) is 26.1 Å². The van der Waals surface area contributed by atoms with Crippen LogP contribution in [0.2, 0.25) is 0 Å². The van der Waals surface area contributed by atoms with Crippen molar-refractivity contribution in [3.63, 3.8) is 0 Å². The predicted molar refractivity (Wildman–Crippen MR) is 70.8 cm³/mol. The van der Waals surface area contributed by atoms with E-state index in [1.165, 1.54) is 0 Å². The van der Waals surface area contributed by atoms with Gasteiger partial charge in [-0.1, -0.05) is 20.8 Å². The number of nitrogens with one attached hydrogen (secondary N) is 1. The molecule has 102 valence electrons. The van der Waals surface area contributed by atoms with Gasteiger partial charge in [0.1, 0.15) is 0 Å². The fourth-order valence-corrected chi connectivity index (χ4v) is 1.77. The molecule has 0 aromatic carbocycles. The van der Waals surface area contributed by atoms with Gasteiger partial charge in [-0.25, -0.2) is 0 Å². The van der Waals surface area contributed by atoms with Crippen LogP contribution < -0.4 is 11.1 Å². The number of hydrogen-bond acceptors (Lipinski definition) is 3. The number of ether oxygens (including phenoxy) is 1. The first-order chi connectivity index (χ1) is 7.85. The van der Waals surface area contributed by atoms with Crippen LogP contribution in [0.15, 0.2) is 0 Å². The fourth-order valence-electron chi connectivity index (χ4n) is 1.77. The van der Waals surface area contributed by atoms with Crippen molar-refractivity contribution in [3.05, 3.63) is 0 Å². The number of hydrogen-bond donors (Lipinski definition) is 2. The smallest absolute Gasteiger partial charge is 0.221 e. The lowest BCUT2D eigenvalue weighted by molar-refractivity contribution is -0.121. The summed E-state index contributed by atoms with van der Waals surface area (Å²) in [6.45, 7) is 7.87. The molecule has 1 unspecified atom stereocenters. The number of carbonyl (C=O) groups excluding carboxylic acids is 1. The molecule has 0 spiro atoms. The summed E-state index contributed by atoms with van der Waals surface area (Å²) < 4.78 is 4.94. The first-order valence-corrected chi connectivity index (χ1v) is 6.36. The minimum Gasteiger partial charge on any atom is -0.385 e. The molecule has 0 rings (SSSR count). The zero-order chi connectivity index (χ0) is 13.3. The molecule has 0 saturated heterocycles. The lowest BCUT2D eigenvalue weighted by atomic mass is 9.87. The van der Waals surface area contributed by atoms with Gasteiger partial charge in [-0.05, 0) is 24.7 Å². The molecule has 1 amide bonds. The van der Waals surface area contributed by atoms with Crippen LogP contribution in [-0.2, 0) is 9.53 Å². The van der Waals surface area contributed by atoms with Crippen molar-refractivity contribution in [1.29, 1.82) is 0 Å². The van der Waals surface area contributed by atoms with Gasteiger partial charge >= 0.3 is 0 Å². The van der Waals surface area contributed by atoms with E-state index in [1.807, 2.05) is 0 Å². The highest BCUT2D eigenvalue weighted by molar-refractivity contribution is 5.76. The molecular formula is C13H28N2O2. The molecule has 17 heavy (non-hydrogen) atoms. The largest absolute Gasteiger partial charge is 0.385 e. The summed E-state index contributed by atoms with van der Waals surface area (Å²) in [5.74, 6) is 0.0548. The Balaban J connectivity index is 3.58. The molecule has 0 bridgehead atoms. The zero-order valence-electron chi connectivity index (χ0n) is 11.7. The summed E-state index contributed by atoms with van der Waals surface area (Å²) in [4.78, 5) is 11.5. The third kappa shape index (κ3) is 11.6. The number of rotatable bonds is 8. The van der Waals surface area contributed by atoms with E-state index in [9.17, 15) is 4.79 Å². The summed E-state index contributed by atoms with van der Waals surface area (Å²) in [7, 11) is 1.68. The summed E-state index contributed by atoms with van der Waals surface area (Å²) in [6, 6.07) is -0.0472. The first kappa shape index (κ1) is 16.4. The maximum absolute atomic E-state index is 11.5. The second-order valence-electron chi connectivity index (χ2n) is 5.78. The Morgan fingerprint density at radius 3 is 2.53 bits per heavy atom. The lowest BCUT2D eigenvalue weighted by Crippen LogP contribution is -2.34. The molecule has 4 heteroatoms. The number of carbonyl (C=O) groups is 1. The number of unbranched alkanes of at least 4 members (excludes halogenated alkanes) is 1. The van der Waals surface area contributed by atoms with E-state index in [-0.39, 0.29) is 17.4 Å². The SMILES string of the molecule is COCCCCNC(=O)CC(N)CC(C)(C)C. The highest BCUT2D eigenvalue weighted by atomic mass is 16.5. The third-order valence-electron chi connectivity index (χ3n) is 2.42. The molecule has 0 aromatic rings. The van der Waals surface area contributed by atoms with Crippen LogP contribution in [-0.4, -0.2) is 32.2 Å². The van der Waals surface area contributed by atoms with E-state index in [0.29, 0.717) is 13.0 Å². The maximum Gasteiger partial charge on any atom is 0.221 e. The van der Waals surface area contributed by atoms with Gasteiger partial charge in [0.15, 0.2) is 0 Å². The topological polar surface area (TPSA) is 64.3 Å². The van der Waals surface area contributed by atoms with Crippen molar-refractivity contribution in [3.8, 4) is 0 Å². The van der Waals surface area contributed by atoms with Gasteiger partial charge in [0, 0.05) is 32.7 Å². The van der Waals surface area contributed by atoms with Crippen LogP contribution in [0.1, 0.15) is 46.5 Å². The van der Waals surface area contributed by atoms with Crippen LogP contribution in [0.25, 0.3) is 0 Å². The average Bonchev–Trinajstić information content (AvgIpc) is 2.14. The van der Waals surface area contributed by atoms with Crippen molar-refractivity contribution in [2.24, 2.45) is 11.1 Å². The Morgan fingerprint density at radius 1 is 1.35 bits per heavy atom. The van der Waals surface area contributed by atoms with Crippen LogP contribution in [0, 0.1) is 5.41 Å². The molecule has 3 N–H and O–H groups in total.